The van der Waals surface area contributed by atoms with Gasteiger partial charge >= 0.3 is 23.9 Å². The molecular formula is C18H32N4O8. The van der Waals surface area contributed by atoms with Crippen molar-refractivity contribution in [1.29, 1.82) is 0 Å². The highest BCUT2D eigenvalue weighted by atomic mass is 16.7. The minimum absolute atomic E-state index is 0.0508. The second kappa shape index (κ2) is 13.9. The summed E-state index contributed by atoms with van der Waals surface area (Å²) in [7, 11) is 0. The van der Waals surface area contributed by atoms with Crippen LogP contribution < -0.4 is 0 Å². The van der Waals surface area contributed by atoms with Gasteiger partial charge in [0.2, 0.25) is 0 Å². The van der Waals surface area contributed by atoms with E-state index in [1.54, 1.807) is 6.92 Å². The molecule has 1 aliphatic rings. The predicted octanol–water partition coefficient (Wildman–Crippen LogP) is -0.795. The Hall–Kier alpha value is -2.28. The molecule has 0 unspecified atom stereocenters. The van der Waals surface area contributed by atoms with Crippen LogP contribution in [-0.2, 0) is 38.4 Å². The van der Waals surface area contributed by atoms with Gasteiger partial charge in [-0.05, 0) is 6.92 Å². The highest BCUT2D eigenvalue weighted by Gasteiger charge is 2.21. The van der Waals surface area contributed by atoms with E-state index in [2.05, 4.69) is 0 Å². The van der Waals surface area contributed by atoms with Crippen molar-refractivity contribution in [3.05, 3.63) is 0 Å². The zero-order valence-electron chi connectivity index (χ0n) is 18.1. The van der Waals surface area contributed by atoms with Crippen molar-refractivity contribution >= 4 is 23.9 Å². The highest BCUT2D eigenvalue weighted by molar-refractivity contribution is 5.71. The summed E-state index contributed by atoms with van der Waals surface area (Å²) in [6, 6.07) is 0. The second-order valence-corrected chi connectivity index (χ2v) is 6.62. The van der Waals surface area contributed by atoms with Crippen molar-refractivity contribution in [3.8, 4) is 0 Å². The van der Waals surface area contributed by atoms with Crippen LogP contribution in [0.1, 0.15) is 27.7 Å². The Morgan fingerprint density at radius 3 is 1.27 bits per heavy atom. The third-order valence-corrected chi connectivity index (χ3v) is 3.96. The monoisotopic (exact) mass is 432 g/mol. The molecule has 0 aromatic carbocycles. The fraction of sp³-hybridized carbons (Fsp3) is 0.778. The number of carbonyl (C=O) groups is 4. The van der Waals surface area contributed by atoms with Crippen molar-refractivity contribution in [2.45, 2.75) is 27.7 Å². The molecule has 1 aliphatic heterocycles. The molecule has 0 saturated carbocycles. The van der Waals surface area contributed by atoms with Crippen molar-refractivity contribution < 1.29 is 38.4 Å². The normalized spacial score (nSPS) is 18.5. The lowest BCUT2D eigenvalue weighted by Crippen LogP contribution is -2.47. The Bertz CT molecular complexity index is 557. The van der Waals surface area contributed by atoms with Crippen LogP contribution in [0, 0.1) is 0 Å². The van der Waals surface area contributed by atoms with Crippen LogP contribution in [-0.4, -0.2) is 109 Å². The summed E-state index contributed by atoms with van der Waals surface area (Å²) in [6.07, 6.45) is 0. The van der Waals surface area contributed by atoms with E-state index in [-0.39, 0.29) is 45.3 Å². The Morgan fingerprint density at radius 1 is 0.633 bits per heavy atom. The third-order valence-electron chi connectivity index (χ3n) is 3.96. The Labute approximate surface area is 176 Å². The van der Waals surface area contributed by atoms with Crippen molar-refractivity contribution in [3.63, 3.8) is 0 Å². The van der Waals surface area contributed by atoms with Gasteiger partial charge in [0.25, 0.3) is 0 Å². The van der Waals surface area contributed by atoms with Crippen molar-refractivity contribution in [2.75, 3.05) is 65.5 Å². The van der Waals surface area contributed by atoms with E-state index in [0.29, 0.717) is 26.2 Å². The molecule has 0 aliphatic carbocycles. The van der Waals surface area contributed by atoms with Crippen LogP contribution >= 0.6 is 0 Å². The van der Waals surface area contributed by atoms with Gasteiger partial charge < -0.3 is 19.2 Å². The topological polar surface area (TPSA) is 118 Å². The molecule has 1 fully saturated rings. The number of hydrogen-bond donors (Lipinski definition) is 0. The molecule has 0 amide bonds. The number of carbonyl (C=O) groups excluding carboxylic acids is 4. The highest BCUT2D eigenvalue weighted by Crippen LogP contribution is 2.04. The first-order valence-corrected chi connectivity index (χ1v) is 9.88. The second-order valence-electron chi connectivity index (χ2n) is 6.62. The molecule has 0 N–H and O–H groups in total. The van der Waals surface area contributed by atoms with E-state index in [9.17, 15) is 19.2 Å². The molecule has 1 rings (SSSR count). The van der Waals surface area contributed by atoms with Gasteiger partial charge in [0.05, 0.1) is 39.3 Å². The Morgan fingerprint density at radius 2 is 0.967 bits per heavy atom. The lowest BCUT2D eigenvalue weighted by molar-refractivity contribution is -0.217. The first kappa shape index (κ1) is 25.8. The third kappa shape index (κ3) is 11.7. The summed E-state index contributed by atoms with van der Waals surface area (Å²) in [5.41, 5.74) is 0. The number of hydroxylamine groups is 6. The molecule has 0 spiro atoms. The zero-order chi connectivity index (χ0) is 22.5. The van der Waals surface area contributed by atoms with Crippen LogP contribution in [0.4, 0.5) is 0 Å². The SMILES string of the molecule is CCOC(=O)CN1CCN(OC(C)=O)CCN(OC(C)=O)CCN(OC(C)=O)CC1. The van der Waals surface area contributed by atoms with Gasteiger partial charge in [0, 0.05) is 47.0 Å². The molecule has 12 nitrogen and oxygen atoms in total. The largest absolute Gasteiger partial charge is 0.465 e. The van der Waals surface area contributed by atoms with Crippen LogP contribution in [0.5, 0.6) is 0 Å². The minimum Gasteiger partial charge on any atom is -0.465 e. The van der Waals surface area contributed by atoms with E-state index in [1.165, 1.54) is 36.0 Å². The van der Waals surface area contributed by atoms with Gasteiger partial charge in [-0.25, -0.2) is 0 Å². The van der Waals surface area contributed by atoms with Crippen LogP contribution in [0.15, 0.2) is 0 Å². The summed E-state index contributed by atoms with van der Waals surface area (Å²) < 4.78 is 5.02. The average molecular weight is 432 g/mol. The van der Waals surface area contributed by atoms with Gasteiger partial charge in [0.15, 0.2) is 0 Å². The first-order valence-electron chi connectivity index (χ1n) is 9.88. The lowest BCUT2D eigenvalue weighted by Gasteiger charge is -2.31. The summed E-state index contributed by atoms with van der Waals surface area (Å²) in [6.45, 7) is 8.44. The standard InChI is InChI=1S/C18H32N4O8/c1-5-27-18(26)14-19-6-8-20(28-15(2)23)10-12-22(30-17(4)25)13-11-21(9-7-19)29-16(3)24/h5-14H2,1-4H3. The van der Waals surface area contributed by atoms with Gasteiger partial charge in [-0.2, -0.15) is 0 Å². The van der Waals surface area contributed by atoms with Gasteiger partial charge in [-0.1, -0.05) is 0 Å². The van der Waals surface area contributed by atoms with Gasteiger partial charge in [-0.15, -0.1) is 15.2 Å². The molecule has 0 radical (unpaired) electrons. The molecule has 0 aromatic rings. The molecule has 0 bridgehead atoms. The van der Waals surface area contributed by atoms with Gasteiger partial charge in [-0.3, -0.25) is 24.1 Å². The summed E-state index contributed by atoms with van der Waals surface area (Å²) in [5, 5.41) is 4.35. The maximum absolute atomic E-state index is 11.9. The Kier molecular flexibility index (Phi) is 11.9. The van der Waals surface area contributed by atoms with E-state index in [4.69, 9.17) is 19.2 Å². The number of nitrogens with zero attached hydrogens (tertiary/aromatic N) is 4. The minimum atomic E-state index is -0.485. The summed E-state index contributed by atoms with van der Waals surface area (Å²) in [4.78, 5) is 63.7. The molecule has 0 aromatic heterocycles. The summed E-state index contributed by atoms with van der Waals surface area (Å²) >= 11 is 0. The molecule has 1 heterocycles. The van der Waals surface area contributed by atoms with Crippen LogP contribution in [0.3, 0.4) is 0 Å². The predicted molar refractivity (Wildman–Crippen MR) is 103 cm³/mol. The van der Waals surface area contributed by atoms with Gasteiger partial charge in [0.1, 0.15) is 0 Å². The molecule has 1 saturated heterocycles. The fourth-order valence-corrected chi connectivity index (χ4v) is 2.77. The molecular weight excluding hydrogens is 400 g/mol. The molecule has 12 heteroatoms. The van der Waals surface area contributed by atoms with Crippen molar-refractivity contribution in [2.24, 2.45) is 0 Å². The first-order chi connectivity index (χ1) is 14.2. The number of ether oxygens (including phenoxy) is 1. The maximum Gasteiger partial charge on any atom is 0.322 e. The maximum atomic E-state index is 11.9. The average Bonchev–Trinajstić information content (AvgIpc) is 2.62. The quantitative estimate of drug-likeness (QED) is 0.489. The van der Waals surface area contributed by atoms with E-state index < -0.39 is 17.9 Å². The number of esters is 1. The number of rotatable bonds is 6. The van der Waals surface area contributed by atoms with E-state index in [1.807, 2.05) is 4.90 Å². The molecule has 30 heavy (non-hydrogen) atoms. The summed E-state index contributed by atoms with van der Waals surface area (Å²) in [5.74, 6) is -1.80. The lowest BCUT2D eigenvalue weighted by atomic mass is 10.4. The fourth-order valence-electron chi connectivity index (χ4n) is 2.77. The smallest absolute Gasteiger partial charge is 0.322 e. The van der Waals surface area contributed by atoms with Crippen LogP contribution in [0.2, 0.25) is 0 Å². The molecule has 0 atom stereocenters. The van der Waals surface area contributed by atoms with E-state index in [0.717, 1.165) is 0 Å². The van der Waals surface area contributed by atoms with Crippen molar-refractivity contribution in [1.82, 2.24) is 20.1 Å². The van der Waals surface area contributed by atoms with Crippen LogP contribution in [0.25, 0.3) is 0 Å². The Balaban J connectivity index is 2.92. The van der Waals surface area contributed by atoms with E-state index >= 15 is 0 Å². The number of hydrogen-bond acceptors (Lipinski definition) is 12. The zero-order valence-corrected chi connectivity index (χ0v) is 18.1. The molecule has 172 valence electrons.